The van der Waals surface area contributed by atoms with Gasteiger partial charge in [0.2, 0.25) is 0 Å². The maximum absolute atomic E-state index is 11.8. The van der Waals surface area contributed by atoms with Crippen LogP contribution in [-0.4, -0.2) is 23.0 Å². The minimum absolute atomic E-state index is 0.0814. The van der Waals surface area contributed by atoms with Gasteiger partial charge in [-0.05, 0) is 26.8 Å². The van der Waals surface area contributed by atoms with E-state index >= 15 is 0 Å². The van der Waals surface area contributed by atoms with E-state index in [9.17, 15) is 4.79 Å². The lowest BCUT2D eigenvalue weighted by Crippen LogP contribution is -2.35. The lowest BCUT2D eigenvalue weighted by Gasteiger charge is -2.12. The molecule has 0 spiro atoms. The van der Waals surface area contributed by atoms with Gasteiger partial charge >= 0.3 is 0 Å². The van der Waals surface area contributed by atoms with E-state index in [4.69, 9.17) is 15.4 Å². The Morgan fingerprint density at radius 3 is 2.76 bits per heavy atom. The third kappa shape index (κ3) is 3.51. The topological polar surface area (TPSA) is 101 Å². The number of hydrogen-bond donors (Lipinski definition) is 3. The Hall–Kier alpha value is -1.98. The highest BCUT2D eigenvalue weighted by atomic mass is 16.4. The molecule has 6 nitrogen and oxygen atoms in total. The second-order valence-corrected chi connectivity index (χ2v) is 4.00. The number of amides is 1. The number of nitrogens with zero attached hydrogens (tertiary/aromatic N) is 1. The van der Waals surface area contributed by atoms with Crippen molar-refractivity contribution in [2.24, 2.45) is 10.9 Å². The summed E-state index contributed by atoms with van der Waals surface area (Å²) >= 11 is 0. The maximum Gasteiger partial charge on any atom is 0.255 e. The molecule has 0 aliphatic rings. The number of furan rings is 1. The molecule has 0 bridgehead atoms. The van der Waals surface area contributed by atoms with Crippen LogP contribution < -0.4 is 11.1 Å². The van der Waals surface area contributed by atoms with Gasteiger partial charge < -0.3 is 20.7 Å². The average Bonchev–Trinajstić information content (AvgIpc) is 2.57. The van der Waals surface area contributed by atoms with Crippen molar-refractivity contribution in [3.05, 3.63) is 23.2 Å². The highest BCUT2D eigenvalue weighted by molar-refractivity contribution is 5.95. The van der Waals surface area contributed by atoms with E-state index in [1.807, 2.05) is 0 Å². The number of oxime groups is 1. The summed E-state index contributed by atoms with van der Waals surface area (Å²) in [5.41, 5.74) is 5.86. The summed E-state index contributed by atoms with van der Waals surface area (Å²) in [7, 11) is 0. The molecule has 0 saturated carbocycles. The van der Waals surface area contributed by atoms with Crippen LogP contribution in [0.4, 0.5) is 0 Å². The van der Waals surface area contributed by atoms with E-state index in [1.165, 1.54) is 0 Å². The monoisotopic (exact) mass is 239 g/mol. The van der Waals surface area contributed by atoms with Gasteiger partial charge in [-0.2, -0.15) is 0 Å². The number of carbonyl (C=O) groups excluding carboxylic acids is 1. The average molecular weight is 239 g/mol. The Bertz CT molecular complexity index is 437. The molecule has 94 valence electrons. The fourth-order valence-electron chi connectivity index (χ4n) is 1.56. The van der Waals surface area contributed by atoms with Gasteiger partial charge in [0.1, 0.15) is 17.4 Å². The first-order chi connectivity index (χ1) is 7.93. The SMILES string of the molecule is Cc1cc(C(=O)NC(C)CC(N)=NO)c(C)o1. The molecule has 0 fully saturated rings. The molecule has 0 radical (unpaired) electrons. The summed E-state index contributed by atoms with van der Waals surface area (Å²) < 4.78 is 5.27. The molecule has 1 heterocycles. The molecule has 0 saturated heterocycles. The molecule has 1 aromatic rings. The van der Waals surface area contributed by atoms with Crippen molar-refractivity contribution in [1.29, 1.82) is 0 Å². The van der Waals surface area contributed by atoms with Gasteiger partial charge in [-0.1, -0.05) is 5.16 Å². The highest BCUT2D eigenvalue weighted by Crippen LogP contribution is 2.13. The van der Waals surface area contributed by atoms with Crippen LogP contribution in [0.5, 0.6) is 0 Å². The number of nitrogens with one attached hydrogen (secondary N) is 1. The standard InChI is InChI=1S/C11H17N3O3/c1-6(4-10(12)14-16)13-11(15)9-5-7(2)17-8(9)3/h5-6,16H,4H2,1-3H3,(H2,12,14)(H,13,15). The zero-order chi connectivity index (χ0) is 13.0. The van der Waals surface area contributed by atoms with E-state index in [1.54, 1.807) is 26.8 Å². The van der Waals surface area contributed by atoms with Crippen LogP contribution in [0.15, 0.2) is 15.6 Å². The zero-order valence-electron chi connectivity index (χ0n) is 10.2. The van der Waals surface area contributed by atoms with Crippen LogP contribution in [-0.2, 0) is 0 Å². The van der Waals surface area contributed by atoms with Gasteiger partial charge in [-0.3, -0.25) is 4.79 Å². The van der Waals surface area contributed by atoms with Crippen molar-refractivity contribution < 1.29 is 14.4 Å². The summed E-state index contributed by atoms with van der Waals surface area (Å²) in [5.74, 6) is 1.13. The van der Waals surface area contributed by atoms with Crippen LogP contribution >= 0.6 is 0 Å². The molecular formula is C11H17N3O3. The van der Waals surface area contributed by atoms with E-state index in [-0.39, 0.29) is 24.2 Å². The van der Waals surface area contributed by atoms with Crippen molar-refractivity contribution in [2.45, 2.75) is 33.2 Å². The van der Waals surface area contributed by atoms with Crippen LogP contribution in [0, 0.1) is 13.8 Å². The summed E-state index contributed by atoms with van der Waals surface area (Å²) in [5, 5.41) is 14.0. The second-order valence-electron chi connectivity index (χ2n) is 4.00. The molecule has 1 aromatic heterocycles. The molecule has 1 unspecified atom stereocenters. The summed E-state index contributed by atoms with van der Waals surface area (Å²) in [4.78, 5) is 11.8. The minimum atomic E-state index is -0.224. The highest BCUT2D eigenvalue weighted by Gasteiger charge is 2.16. The van der Waals surface area contributed by atoms with E-state index in [0.29, 0.717) is 17.1 Å². The molecule has 0 aliphatic carbocycles. The van der Waals surface area contributed by atoms with Gasteiger partial charge in [0.25, 0.3) is 5.91 Å². The number of nitrogens with two attached hydrogens (primary N) is 1. The van der Waals surface area contributed by atoms with Gasteiger partial charge in [-0.25, -0.2) is 0 Å². The fourth-order valence-corrected chi connectivity index (χ4v) is 1.56. The maximum atomic E-state index is 11.8. The van der Waals surface area contributed by atoms with E-state index < -0.39 is 0 Å². The Balaban J connectivity index is 2.63. The molecule has 0 aromatic carbocycles. The summed E-state index contributed by atoms with van der Waals surface area (Å²) in [6.07, 6.45) is 0.290. The van der Waals surface area contributed by atoms with Gasteiger partial charge in [0.15, 0.2) is 0 Å². The van der Waals surface area contributed by atoms with Gasteiger partial charge in [0.05, 0.1) is 5.56 Å². The summed E-state index contributed by atoms with van der Waals surface area (Å²) in [6.45, 7) is 5.29. The molecule has 0 aliphatic heterocycles. The largest absolute Gasteiger partial charge is 0.466 e. The number of carbonyl (C=O) groups is 1. The van der Waals surface area contributed by atoms with Crippen LogP contribution in [0.3, 0.4) is 0 Å². The summed E-state index contributed by atoms with van der Waals surface area (Å²) in [6, 6.07) is 1.47. The first-order valence-electron chi connectivity index (χ1n) is 5.28. The first-order valence-corrected chi connectivity index (χ1v) is 5.28. The molecule has 6 heteroatoms. The van der Waals surface area contributed by atoms with Gasteiger partial charge in [-0.15, -0.1) is 0 Å². The number of hydrogen-bond acceptors (Lipinski definition) is 4. The van der Waals surface area contributed by atoms with Crippen LogP contribution in [0.1, 0.15) is 35.2 Å². The molecule has 1 atom stereocenters. The first kappa shape index (κ1) is 13.1. The smallest absolute Gasteiger partial charge is 0.255 e. The Morgan fingerprint density at radius 2 is 2.29 bits per heavy atom. The quantitative estimate of drug-likeness (QED) is 0.317. The molecule has 1 amide bonds. The molecule has 4 N–H and O–H groups in total. The van der Waals surface area contributed by atoms with Crippen molar-refractivity contribution in [1.82, 2.24) is 5.32 Å². The van der Waals surface area contributed by atoms with E-state index in [0.717, 1.165) is 0 Å². The normalized spacial score (nSPS) is 13.5. The van der Waals surface area contributed by atoms with Crippen molar-refractivity contribution in [3.8, 4) is 0 Å². The fraction of sp³-hybridized carbons (Fsp3) is 0.455. The number of amidine groups is 1. The molecule has 17 heavy (non-hydrogen) atoms. The predicted molar refractivity (Wildman–Crippen MR) is 63.1 cm³/mol. The zero-order valence-corrected chi connectivity index (χ0v) is 10.2. The van der Waals surface area contributed by atoms with Crippen LogP contribution in [0.25, 0.3) is 0 Å². The van der Waals surface area contributed by atoms with Gasteiger partial charge in [0, 0.05) is 12.5 Å². The Labute approximate surface area is 99.5 Å². The Kier molecular flexibility index (Phi) is 4.14. The third-order valence-corrected chi connectivity index (χ3v) is 2.31. The second kappa shape index (κ2) is 5.38. The van der Waals surface area contributed by atoms with Crippen molar-refractivity contribution >= 4 is 11.7 Å². The van der Waals surface area contributed by atoms with Crippen molar-refractivity contribution in [2.75, 3.05) is 0 Å². The number of rotatable bonds is 4. The Morgan fingerprint density at radius 1 is 1.65 bits per heavy atom. The third-order valence-electron chi connectivity index (χ3n) is 2.31. The lowest BCUT2D eigenvalue weighted by atomic mass is 10.2. The lowest BCUT2D eigenvalue weighted by molar-refractivity contribution is 0.0939. The molecule has 1 rings (SSSR count). The number of aryl methyl sites for hydroxylation is 2. The minimum Gasteiger partial charge on any atom is -0.466 e. The van der Waals surface area contributed by atoms with Crippen molar-refractivity contribution in [3.63, 3.8) is 0 Å². The van der Waals surface area contributed by atoms with Crippen LogP contribution in [0.2, 0.25) is 0 Å². The van der Waals surface area contributed by atoms with E-state index in [2.05, 4.69) is 10.5 Å². The molecular weight excluding hydrogens is 222 g/mol. The predicted octanol–water partition coefficient (Wildman–Crippen LogP) is 1.15.